The fraction of sp³-hybridized carbons (Fsp3) is 0.933. The second-order valence-electron chi connectivity index (χ2n) is 7.07. The lowest BCUT2D eigenvalue weighted by atomic mass is 9.57. The predicted molar refractivity (Wildman–Crippen MR) is 67.0 cm³/mol. The van der Waals surface area contributed by atoms with Gasteiger partial charge in [-0.1, -0.05) is 13.8 Å². The molecule has 4 fully saturated rings. The Bertz CT molecular complexity index is 436. The number of fused-ring (bicyclic) bond motifs is 1. The summed E-state index contributed by atoms with van der Waals surface area (Å²) in [5.74, 6) is 0.586. The topological polar surface area (TPSA) is 44.8 Å². The molecule has 0 amide bonds. The number of carbonyl (C=O) groups is 1. The third kappa shape index (κ3) is 1.34. The number of esters is 1. The molecule has 0 aromatic heterocycles. The second kappa shape index (κ2) is 3.53. The molecule has 2 bridgehead atoms. The molecule has 0 aromatic rings. The van der Waals surface area contributed by atoms with Gasteiger partial charge in [0.15, 0.2) is 5.79 Å². The first-order valence-electron chi connectivity index (χ1n) is 7.55. The molecule has 19 heavy (non-hydrogen) atoms. The Morgan fingerprint density at radius 2 is 1.95 bits per heavy atom. The van der Waals surface area contributed by atoms with Gasteiger partial charge in [0.1, 0.15) is 5.60 Å². The van der Waals surface area contributed by atoms with Crippen LogP contribution in [0, 0.1) is 23.7 Å². The molecule has 4 rings (SSSR count). The summed E-state index contributed by atoms with van der Waals surface area (Å²) < 4.78 is 18.0. The number of hydrogen-bond donors (Lipinski definition) is 0. The summed E-state index contributed by atoms with van der Waals surface area (Å²) in [5, 5.41) is 0. The van der Waals surface area contributed by atoms with E-state index in [4.69, 9.17) is 14.2 Å². The normalized spacial score (nSPS) is 59.5. The molecule has 3 aliphatic heterocycles. The minimum absolute atomic E-state index is 0.0738. The molecule has 0 N–H and O–H groups in total. The van der Waals surface area contributed by atoms with E-state index < -0.39 is 12.1 Å². The van der Waals surface area contributed by atoms with Crippen molar-refractivity contribution in [1.29, 1.82) is 0 Å². The highest BCUT2D eigenvalue weighted by atomic mass is 16.8. The van der Waals surface area contributed by atoms with Crippen LogP contribution < -0.4 is 0 Å². The van der Waals surface area contributed by atoms with Crippen molar-refractivity contribution in [3.05, 3.63) is 0 Å². The average molecular weight is 266 g/mol. The molecule has 1 spiro atoms. The van der Waals surface area contributed by atoms with E-state index in [0.29, 0.717) is 11.8 Å². The predicted octanol–water partition coefficient (Wildman–Crippen LogP) is 2.46. The van der Waals surface area contributed by atoms with Crippen molar-refractivity contribution in [3.63, 3.8) is 0 Å². The third-order valence-corrected chi connectivity index (χ3v) is 6.00. The minimum Gasteiger partial charge on any atom is -0.432 e. The molecular formula is C15H22O4. The quantitative estimate of drug-likeness (QED) is 0.632. The van der Waals surface area contributed by atoms with Gasteiger partial charge in [0.05, 0.1) is 5.92 Å². The van der Waals surface area contributed by atoms with Gasteiger partial charge in [0, 0.05) is 12.3 Å². The highest BCUT2D eigenvalue weighted by molar-refractivity contribution is 5.74. The average Bonchev–Trinajstić information content (AvgIpc) is 2.56. The molecule has 7 atom stereocenters. The SMILES string of the molecule is C[C@@H]1CC[C@H]2[C@H](C)C(=O)O[C@@H]3O[C@@]4(C)CC[C@@H]1[C@]32O4. The van der Waals surface area contributed by atoms with Crippen LogP contribution in [0.3, 0.4) is 0 Å². The zero-order valence-electron chi connectivity index (χ0n) is 11.8. The number of rotatable bonds is 0. The Balaban J connectivity index is 1.84. The van der Waals surface area contributed by atoms with Gasteiger partial charge in [0.25, 0.3) is 0 Å². The molecule has 1 saturated carbocycles. The van der Waals surface area contributed by atoms with Crippen molar-refractivity contribution < 1.29 is 19.0 Å². The summed E-state index contributed by atoms with van der Waals surface area (Å²) in [7, 11) is 0. The molecule has 106 valence electrons. The molecule has 4 aliphatic rings. The van der Waals surface area contributed by atoms with Gasteiger partial charge in [-0.05, 0) is 38.0 Å². The summed E-state index contributed by atoms with van der Waals surface area (Å²) >= 11 is 0. The molecule has 4 nitrogen and oxygen atoms in total. The van der Waals surface area contributed by atoms with Crippen molar-refractivity contribution in [1.82, 2.24) is 0 Å². The Morgan fingerprint density at radius 1 is 1.16 bits per heavy atom. The van der Waals surface area contributed by atoms with Crippen LogP contribution in [0.1, 0.15) is 46.5 Å². The molecule has 3 heterocycles. The van der Waals surface area contributed by atoms with Gasteiger partial charge in [-0.3, -0.25) is 4.79 Å². The first-order chi connectivity index (χ1) is 8.96. The van der Waals surface area contributed by atoms with Crippen molar-refractivity contribution in [2.45, 2.75) is 64.1 Å². The van der Waals surface area contributed by atoms with Gasteiger partial charge in [0.2, 0.25) is 6.29 Å². The molecule has 0 radical (unpaired) electrons. The molecule has 3 saturated heterocycles. The van der Waals surface area contributed by atoms with E-state index in [0.717, 1.165) is 19.3 Å². The maximum atomic E-state index is 12.1. The number of ether oxygens (including phenoxy) is 3. The van der Waals surface area contributed by atoms with Gasteiger partial charge in [-0.2, -0.15) is 0 Å². The molecule has 0 unspecified atom stereocenters. The number of carbonyl (C=O) groups excluding carboxylic acids is 1. The van der Waals surface area contributed by atoms with Crippen LogP contribution in [-0.4, -0.2) is 23.6 Å². The van der Waals surface area contributed by atoms with Crippen molar-refractivity contribution >= 4 is 5.97 Å². The smallest absolute Gasteiger partial charge is 0.311 e. The van der Waals surface area contributed by atoms with Crippen LogP contribution >= 0.6 is 0 Å². The Hall–Kier alpha value is -0.610. The number of hydrogen-bond acceptors (Lipinski definition) is 4. The van der Waals surface area contributed by atoms with Crippen LogP contribution in [0.2, 0.25) is 0 Å². The fourth-order valence-electron chi connectivity index (χ4n) is 5.03. The van der Waals surface area contributed by atoms with E-state index in [1.165, 1.54) is 6.42 Å². The zero-order chi connectivity index (χ0) is 13.4. The lowest BCUT2D eigenvalue weighted by Crippen LogP contribution is -2.65. The maximum Gasteiger partial charge on any atom is 0.311 e. The Labute approximate surface area is 113 Å². The minimum atomic E-state index is -0.555. The first kappa shape index (κ1) is 12.2. The summed E-state index contributed by atoms with van der Waals surface area (Å²) in [5.41, 5.74) is -0.377. The van der Waals surface area contributed by atoms with Crippen LogP contribution in [0.25, 0.3) is 0 Å². The molecule has 1 aliphatic carbocycles. The summed E-state index contributed by atoms with van der Waals surface area (Å²) in [6, 6.07) is 0. The van der Waals surface area contributed by atoms with Gasteiger partial charge >= 0.3 is 5.97 Å². The van der Waals surface area contributed by atoms with Crippen LogP contribution in [0.5, 0.6) is 0 Å². The third-order valence-electron chi connectivity index (χ3n) is 6.00. The second-order valence-corrected chi connectivity index (χ2v) is 7.07. The van der Waals surface area contributed by atoms with E-state index in [2.05, 4.69) is 6.92 Å². The van der Waals surface area contributed by atoms with Gasteiger partial charge in [-0.15, -0.1) is 0 Å². The molecule has 0 aromatic carbocycles. The van der Waals surface area contributed by atoms with Gasteiger partial charge < -0.3 is 14.2 Å². The highest BCUT2D eigenvalue weighted by Crippen LogP contribution is 2.62. The fourth-order valence-corrected chi connectivity index (χ4v) is 5.03. The largest absolute Gasteiger partial charge is 0.432 e. The van der Waals surface area contributed by atoms with Crippen molar-refractivity contribution in [3.8, 4) is 0 Å². The van der Waals surface area contributed by atoms with Crippen molar-refractivity contribution in [2.24, 2.45) is 23.7 Å². The zero-order valence-corrected chi connectivity index (χ0v) is 11.8. The van der Waals surface area contributed by atoms with E-state index in [9.17, 15) is 4.79 Å². The Morgan fingerprint density at radius 3 is 2.74 bits per heavy atom. The lowest BCUT2D eigenvalue weighted by molar-refractivity contribution is -0.263. The van der Waals surface area contributed by atoms with Gasteiger partial charge in [-0.25, -0.2) is 0 Å². The van der Waals surface area contributed by atoms with Crippen LogP contribution in [0.15, 0.2) is 0 Å². The molecule has 4 heteroatoms. The first-order valence-corrected chi connectivity index (χ1v) is 7.55. The monoisotopic (exact) mass is 266 g/mol. The maximum absolute atomic E-state index is 12.1. The van der Waals surface area contributed by atoms with E-state index in [1.54, 1.807) is 0 Å². The van der Waals surface area contributed by atoms with Crippen LogP contribution in [-0.2, 0) is 19.0 Å². The molecular weight excluding hydrogens is 244 g/mol. The highest BCUT2D eigenvalue weighted by Gasteiger charge is 2.72. The van der Waals surface area contributed by atoms with E-state index in [-0.39, 0.29) is 23.4 Å². The van der Waals surface area contributed by atoms with E-state index in [1.807, 2.05) is 13.8 Å². The van der Waals surface area contributed by atoms with Crippen LogP contribution in [0.4, 0.5) is 0 Å². The lowest BCUT2D eigenvalue weighted by Gasteiger charge is -2.56. The summed E-state index contributed by atoms with van der Waals surface area (Å²) in [6.45, 7) is 6.28. The summed E-state index contributed by atoms with van der Waals surface area (Å²) in [6.07, 6.45) is 3.76. The van der Waals surface area contributed by atoms with E-state index >= 15 is 0 Å². The summed E-state index contributed by atoms with van der Waals surface area (Å²) in [4.78, 5) is 12.1. The standard InChI is InChI=1S/C15H22O4/c1-8-4-5-11-9(2)12(16)17-13-15(11)10(8)6-7-14(3,18-13)19-15/h8-11,13H,4-7H2,1-3H3/t8-,9+,10+,11+,13-,14-,15-/m1/s1. The van der Waals surface area contributed by atoms with Crippen molar-refractivity contribution in [2.75, 3.05) is 0 Å². The Kier molecular flexibility index (Phi) is 2.26.